The van der Waals surface area contributed by atoms with Crippen molar-refractivity contribution >= 4 is 17.6 Å². The fourth-order valence-corrected chi connectivity index (χ4v) is 5.07. The van der Waals surface area contributed by atoms with Crippen LogP contribution in [0.4, 0.5) is 0 Å². The summed E-state index contributed by atoms with van der Waals surface area (Å²) in [5, 5.41) is 12.4. The Bertz CT molecular complexity index is 1160. The number of allylic oxidation sites excluding steroid dienone is 4. The number of methoxy groups -OCH3 is 2. The number of rotatable bonds is 8. The summed E-state index contributed by atoms with van der Waals surface area (Å²) in [6, 6.07) is 9.14. The van der Waals surface area contributed by atoms with Crippen LogP contribution in [0.3, 0.4) is 0 Å². The molecule has 0 amide bonds. The molecular weight excluding hydrogens is 450 g/mol. The van der Waals surface area contributed by atoms with E-state index in [2.05, 4.69) is 0 Å². The van der Waals surface area contributed by atoms with E-state index >= 15 is 0 Å². The van der Waals surface area contributed by atoms with E-state index in [-0.39, 0.29) is 28.8 Å². The summed E-state index contributed by atoms with van der Waals surface area (Å²) in [4.78, 5) is 38.7. The van der Waals surface area contributed by atoms with Crippen LogP contribution in [0.2, 0.25) is 0 Å². The summed E-state index contributed by atoms with van der Waals surface area (Å²) in [5.74, 6) is -2.15. The van der Waals surface area contributed by atoms with E-state index in [1.54, 1.807) is 62.8 Å². The molecule has 35 heavy (non-hydrogen) atoms. The molecule has 1 aromatic carbocycles. The van der Waals surface area contributed by atoms with Gasteiger partial charge in [0, 0.05) is 17.3 Å². The highest BCUT2D eigenvalue weighted by Gasteiger charge is 2.56. The maximum Gasteiger partial charge on any atom is 0.227 e. The van der Waals surface area contributed by atoms with Crippen molar-refractivity contribution in [1.29, 1.82) is 0 Å². The Morgan fingerprint density at radius 2 is 1.94 bits per heavy atom. The van der Waals surface area contributed by atoms with Gasteiger partial charge in [-0.05, 0) is 60.4 Å². The molecule has 1 heterocycles. The number of hydrogen-bond donors (Lipinski definition) is 0. The van der Waals surface area contributed by atoms with E-state index in [9.17, 15) is 19.7 Å². The molecule has 2 unspecified atom stereocenters. The number of furan rings is 1. The SMILES string of the molecule is COC1=CCC([C@H]2CC(=O)C(C(=O)/C=C/c3ccc(OC)cc3)[C@H](c3ccco3)[C@H]2[N+](=O)[O-])C=C1. The minimum absolute atomic E-state index is 0.0548. The zero-order valence-electron chi connectivity index (χ0n) is 19.5. The smallest absolute Gasteiger partial charge is 0.227 e. The Kier molecular flexibility index (Phi) is 7.29. The number of carbonyl (C=O) groups is 2. The van der Waals surface area contributed by atoms with Crippen molar-refractivity contribution in [2.45, 2.75) is 24.8 Å². The molecule has 2 aliphatic rings. The first-order valence-electron chi connectivity index (χ1n) is 11.4. The van der Waals surface area contributed by atoms with Crippen molar-refractivity contribution in [2.75, 3.05) is 14.2 Å². The molecule has 1 aromatic heterocycles. The third-order valence-corrected chi connectivity index (χ3v) is 6.81. The molecular formula is C27H27NO7. The number of nitrogens with zero attached hydrogens (tertiary/aromatic N) is 1. The number of benzene rings is 1. The van der Waals surface area contributed by atoms with Crippen LogP contribution in [0.1, 0.15) is 30.1 Å². The number of ether oxygens (including phenoxy) is 2. The molecule has 1 saturated carbocycles. The predicted octanol–water partition coefficient (Wildman–Crippen LogP) is 4.61. The second-order valence-corrected chi connectivity index (χ2v) is 8.71. The van der Waals surface area contributed by atoms with Gasteiger partial charge in [-0.25, -0.2) is 0 Å². The highest BCUT2D eigenvalue weighted by molar-refractivity contribution is 6.10. The normalized spacial score (nSPS) is 26.4. The van der Waals surface area contributed by atoms with Gasteiger partial charge in [-0.2, -0.15) is 0 Å². The van der Waals surface area contributed by atoms with Crippen LogP contribution in [-0.4, -0.2) is 36.8 Å². The van der Waals surface area contributed by atoms with Crippen molar-refractivity contribution in [2.24, 2.45) is 17.8 Å². The molecule has 0 bridgehead atoms. The van der Waals surface area contributed by atoms with Crippen LogP contribution in [0.15, 0.2) is 77.1 Å². The first-order chi connectivity index (χ1) is 16.9. The van der Waals surface area contributed by atoms with Crippen molar-refractivity contribution in [3.8, 4) is 5.75 Å². The predicted molar refractivity (Wildman–Crippen MR) is 128 cm³/mol. The van der Waals surface area contributed by atoms with Gasteiger partial charge in [0.1, 0.15) is 29.0 Å². The van der Waals surface area contributed by atoms with Gasteiger partial charge < -0.3 is 13.9 Å². The summed E-state index contributed by atoms with van der Waals surface area (Å²) >= 11 is 0. The molecule has 4 rings (SSSR count). The maximum absolute atomic E-state index is 13.4. The van der Waals surface area contributed by atoms with E-state index < -0.39 is 29.6 Å². The summed E-state index contributed by atoms with van der Waals surface area (Å²) in [6.45, 7) is 0. The topological polar surface area (TPSA) is 109 Å². The van der Waals surface area contributed by atoms with Crippen LogP contribution in [0.5, 0.6) is 5.75 Å². The molecule has 1 fully saturated rings. The molecule has 2 aliphatic carbocycles. The van der Waals surface area contributed by atoms with Gasteiger partial charge in [0.15, 0.2) is 5.78 Å². The first kappa shape index (κ1) is 24.2. The lowest BCUT2D eigenvalue weighted by molar-refractivity contribution is -0.541. The Morgan fingerprint density at radius 3 is 2.51 bits per heavy atom. The summed E-state index contributed by atoms with van der Waals surface area (Å²) < 4.78 is 15.9. The van der Waals surface area contributed by atoms with Gasteiger partial charge in [0.05, 0.1) is 26.4 Å². The van der Waals surface area contributed by atoms with E-state index in [1.165, 1.54) is 12.3 Å². The van der Waals surface area contributed by atoms with E-state index in [4.69, 9.17) is 13.9 Å². The van der Waals surface area contributed by atoms with Gasteiger partial charge in [-0.1, -0.05) is 24.3 Å². The van der Waals surface area contributed by atoms with Crippen molar-refractivity contribution in [3.05, 3.63) is 94.2 Å². The Labute approximate surface area is 203 Å². The minimum Gasteiger partial charge on any atom is -0.497 e. The number of ketones is 2. The molecule has 0 saturated heterocycles. The molecule has 0 N–H and O–H groups in total. The van der Waals surface area contributed by atoms with Crippen LogP contribution in [0.25, 0.3) is 6.08 Å². The average molecular weight is 478 g/mol. The molecule has 0 aliphatic heterocycles. The molecule has 2 aromatic rings. The fraction of sp³-hybridized carbons (Fsp3) is 0.333. The van der Waals surface area contributed by atoms with Crippen molar-refractivity contribution in [3.63, 3.8) is 0 Å². The maximum atomic E-state index is 13.4. The lowest BCUT2D eigenvalue weighted by Crippen LogP contribution is -2.51. The zero-order chi connectivity index (χ0) is 24.9. The van der Waals surface area contributed by atoms with Crippen LogP contribution in [0, 0.1) is 27.9 Å². The monoisotopic (exact) mass is 477 g/mol. The third-order valence-electron chi connectivity index (χ3n) is 6.81. The number of nitro groups is 1. The number of Topliss-reactive ketones (excluding diaryl/α,β-unsaturated/α-hetero) is 1. The highest BCUT2D eigenvalue weighted by Crippen LogP contribution is 2.45. The van der Waals surface area contributed by atoms with Gasteiger partial charge in [-0.3, -0.25) is 19.7 Å². The Morgan fingerprint density at radius 1 is 1.17 bits per heavy atom. The van der Waals surface area contributed by atoms with Gasteiger partial charge in [0.25, 0.3) is 0 Å². The number of carbonyl (C=O) groups excluding carboxylic acids is 2. The van der Waals surface area contributed by atoms with Crippen molar-refractivity contribution < 1.29 is 28.4 Å². The molecule has 5 atom stereocenters. The second kappa shape index (κ2) is 10.5. The zero-order valence-corrected chi connectivity index (χ0v) is 19.5. The molecule has 0 spiro atoms. The van der Waals surface area contributed by atoms with Gasteiger partial charge in [0.2, 0.25) is 6.04 Å². The minimum atomic E-state index is -1.19. The number of hydrogen-bond acceptors (Lipinski definition) is 7. The average Bonchev–Trinajstić information content (AvgIpc) is 3.41. The molecule has 182 valence electrons. The standard InChI is InChI=1S/C27H27NO7/c1-33-19-10-5-17(6-11-19)7-14-22(29)25-23(30)16-21(18-8-12-20(34-2)13-9-18)27(28(31)32)26(25)24-4-3-15-35-24/h3-8,10-15,18,21,25-27H,9,16H2,1-2H3/b14-7+/t18?,21-,25?,26+,27+/m1/s1. The van der Waals surface area contributed by atoms with E-state index in [1.807, 2.05) is 12.2 Å². The lowest BCUT2D eigenvalue weighted by Gasteiger charge is -2.38. The molecule has 8 nitrogen and oxygen atoms in total. The largest absolute Gasteiger partial charge is 0.497 e. The summed E-state index contributed by atoms with van der Waals surface area (Å²) in [5.41, 5.74) is 0.744. The van der Waals surface area contributed by atoms with E-state index in [0.29, 0.717) is 17.9 Å². The molecule has 0 radical (unpaired) electrons. The first-order valence-corrected chi connectivity index (χ1v) is 11.4. The van der Waals surface area contributed by atoms with Crippen molar-refractivity contribution in [1.82, 2.24) is 0 Å². The van der Waals surface area contributed by atoms with Crippen LogP contribution < -0.4 is 4.74 Å². The van der Waals surface area contributed by atoms with Gasteiger partial charge in [-0.15, -0.1) is 0 Å². The Hall–Kier alpha value is -3.94. The lowest BCUT2D eigenvalue weighted by atomic mass is 9.63. The third kappa shape index (κ3) is 5.11. The highest BCUT2D eigenvalue weighted by atomic mass is 16.6. The Balaban J connectivity index is 1.65. The van der Waals surface area contributed by atoms with Crippen LogP contribution in [-0.2, 0) is 14.3 Å². The fourth-order valence-electron chi connectivity index (χ4n) is 5.07. The quantitative estimate of drug-likeness (QED) is 0.236. The summed E-state index contributed by atoms with van der Waals surface area (Å²) in [6.07, 6.45) is 10.3. The second-order valence-electron chi connectivity index (χ2n) is 8.71. The molecule has 8 heteroatoms. The van der Waals surface area contributed by atoms with Gasteiger partial charge >= 0.3 is 0 Å². The summed E-state index contributed by atoms with van der Waals surface area (Å²) in [7, 11) is 3.12. The van der Waals surface area contributed by atoms with E-state index in [0.717, 1.165) is 5.56 Å². The van der Waals surface area contributed by atoms with Crippen LogP contribution >= 0.6 is 0 Å².